The van der Waals surface area contributed by atoms with Crippen LogP contribution in [0.2, 0.25) is 0 Å². The van der Waals surface area contributed by atoms with Crippen LogP contribution in [-0.4, -0.2) is 47.0 Å². The second-order valence-corrected chi connectivity index (χ2v) is 6.99. The number of amides is 1. The topological polar surface area (TPSA) is 61.4 Å². The molecule has 7 heteroatoms. The second kappa shape index (κ2) is 8.79. The van der Waals surface area contributed by atoms with Crippen LogP contribution in [0.15, 0.2) is 67.1 Å². The number of aromatic nitrogens is 2. The van der Waals surface area contributed by atoms with Crippen molar-refractivity contribution in [3.05, 3.63) is 84.1 Å². The summed E-state index contributed by atoms with van der Waals surface area (Å²) in [5, 5.41) is 2.75. The van der Waals surface area contributed by atoms with Gasteiger partial charge in [0.25, 0.3) is 5.91 Å². The molecule has 2 aromatic heterocycles. The van der Waals surface area contributed by atoms with Crippen LogP contribution in [0.1, 0.15) is 15.9 Å². The van der Waals surface area contributed by atoms with Crippen molar-refractivity contribution in [3.63, 3.8) is 0 Å². The van der Waals surface area contributed by atoms with Gasteiger partial charge in [0.2, 0.25) is 0 Å². The number of piperazine rings is 1. The fourth-order valence-corrected chi connectivity index (χ4v) is 3.36. The maximum atomic E-state index is 13.3. The van der Waals surface area contributed by atoms with Crippen molar-refractivity contribution in [2.24, 2.45) is 0 Å². The minimum Gasteiger partial charge on any atom is -0.354 e. The number of hydrogen-bond acceptors (Lipinski definition) is 5. The Balaban J connectivity index is 1.31. The number of pyridine rings is 2. The monoisotopic (exact) mass is 391 g/mol. The van der Waals surface area contributed by atoms with Gasteiger partial charge in [-0.15, -0.1) is 0 Å². The lowest BCUT2D eigenvalue weighted by atomic mass is 10.2. The number of rotatable bonds is 5. The molecule has 1 N–H and O–H groups in total. The van der Waals surface area contributed by atoms with Crippen molar-refractivity contribution in [1.29, 1.82) is 0 Å². The van der Waals surface area contributed by atoms with E-state index in [1.54, 1.807) is 18.5 Å². The Morgan fingerprint density at radius 2 is 1.90 bits per heavy atom. The number of halogens is 1. The average Bonchev–Trinajstić information content (AvgIpc) is 2.76. The first-order valence-electron chi connectivity index (χ1n) is 9.56. The SMILES string of the molecule is O=C(Nc1ccc(N2CCN(Cc3cccnc3)CC2)nc1)c1cccc(F)c1. The Hall–Kier alpha value is -3.32. The highest BCUT2D eigenvalue weighted by atomic mass is 19.1. The van der Waals surface area contributed by atoms with E-state index in [2.05, 4.69) is 31.2 Å². The predicted octanol–water partition coefficient (Wildman–Crippen LogP) is 3.19. The zero-order chi connectivity index (χ0) is 20.1. The minimum absolute atomic E-state index is 0.277. The van der Waals surface area contributed by atoms with Crippen molar-refractivity contribution in [1.82, 2.24) is 14.9 Å². The molecule has 29 heavy (non-hydrogen) atoms. The number of nitrogens with zero attached hydrogens (tertiary/aromatic N) is 4. The van der Waals surface area contributed by atoms with Crippen LogP contribution < -0.4 is 10.2 Å². The molecule has 1 saturated heterocycles. The first kappa shape index (κ1) is 19.0. The standard InChI is InChI=1S/C22H22FN5O/c23-19-5-1-4-18(13-19)22(29)26-20-6-7-21(25-15-20)28-11-9-27(10-12-28)16-17-3-2-8-24-14-17/h1-8,13-15H,9-12,16H2,(H,26,29). The van der Waals surface area contributed by atoms with Crippen LogP contribution >= 0.6 is 0 Å². The van der Waals surface area contributed by atoms with Crippen LogP contribution in [0.3, 0.4) is 0 Å². The molecule has 0 bridgehead atoms. The van der Waals surface area contributed by atoms with Crippen molar-refractivity contribution >= 4 is 17.4 Å². The van der Waals surface area contributed by atoms with E-state index in [1.807, 2.05) is 24.4 Å². The summed E-state index contributed by atoms with van der Waals surface area (Å²) in [6, 6.07) is 13.4. The number of anilines is 2. The van der Waals surface area contributed by atoms with Crippen molar-refractivity contribution in [2.75, 3.05) is 36.4 Å². The Bertz CT molecular complexity index is 956. The average molecular weight is 391 g/mol. The molecule has 148 valence electrons. The van der Waals surface area contributed by atoms with Crippen LogP contribution in [0.25, 0.3) is 0 Å². The molecule has 1 fully saturated rings. The molecule has 0 unspecified atom stereocenters. The molecule has 1 aliphatic rings. The summed E-state index contributed by atoms with van der Waals surface area (Å²) in [6.07, 6.45) is 5.33. The highest BCUT2D eigenvalue weighted by Gasteiger charge is 2.18. The first-order valence-corrected chi connectivity index (χ1v) is 9.56. The summed E-state index contributed by atoms with van der Waals surface area (Å²) in [7, 11) is 0. The fourth-order valence-electron chi connectivity index (χ4n) is 3.36. The molecule has 3 aromatic rings. The number of hydrogen-bond donors (Lipinski definition) is 1. The lowest BCUT2D eigenvalue weighted by Crippen LogP contribution is -2.46. The van der Waals surface area contributed by atoms with E-state index < -0.39 is 5.82 Å². The Morgan fingerprint density at radius 1 is 1.03 bits per heavy atom. The van der Waals surface area contributed by atoms with Gasteiger partial charge in [0.05, 0.1) is 11.9 Å². The van der Waals surface area contributed by atoms with Gasteiger partial charge < -0.3 is 10.2 Å². The van der Waals surface area contributed by atoms with Gasteiger partial charge in [-0.05, 0) is 42.0 Å². The van der Waals surface area contributed by atoms with E-state index in [9.17, 15) is 9.18 Å². The lowest BCUT2D eigenvalue weighted by Gasteiger charge is -2.35. The lowest BCUT2D eigenvalue weighted by molar-refractivity contribution is 0.102. The van der Waals surface area contributed by atoms with Crippen molar-refractivity contribution < 1.29 is 9.18 Å². The Morgan fingerprint density at radius 3 is 2.59 bits per heavy atom. The smallest absolute Gasteiger partial charge is 0.255 e. The summed E-state index contributed by atoms with van der Waals surface area (Å²) in [5.41, 5.74) is 2.08. The molecule has 0 saturated carbocycles. The van der Waals surface area contributed by atoms with Crippen LogP contribution in [0, 0.1) is 5.82 Å². The normalized spacial score (nSPS) is 14.6. The maximum Gasteiger partial charge on any atom is 0.255 e. The highest BCUT2D eigenvalue weighted by Crippen LogP contribution is 2.18. The Kier molecular flexibility index (Phi) is 5.76. The molecule has 0 atom stereocenters. The van der Waals surface area contributed by atoms with Crippen molar-refractivity contribution in [2.45, 2.75) is 6.54 Å². The molecule has 1 aromatic carbocycles. The molecule has 6 nitrogen and oxygen atoms in total. The van der Waals surface area contributed by atoms with Gasteiger partial charge >= 0.3 is 0 Å². The molecule has 3 heterocycles. The third-order valence-electron chi connectivity index (χ3n) is 4.92. The summed E-state index contributed by atoms with van der Waals surface area (Å²) < 4.78 is 13.3. The predicted molar refractivity (Wildman–Crippen MR) is 110 cm³/mol. The zero-order valence-corrected chi connectivity index (χ0v) is 16.0. The number of carbonyl (C=O) groups is 1. The molecular weight excluding hydrogens is 369 g/mol. The van der Waals surface area contributed by atoms with E-state index in [0.29, 0.717) is 5.69 Å². The third-order valence-corrected chi connectivity index (χ3v) is 4.92. The van der Waals surface area contributed by atoms with E-state index >= 15 is 0 Å². The molecule has 0 aliphatic carbocycles. The first-order chi connectivity index (χ1) is 14.2. The van der Waals surface area contributed by atoms with Crippen molar-refractivity contribution in [3.8, 4) is 0 Å². The minimum atomic E-state index is -0.436. The summed E-state index contributed by atoms with van der Waals surface area (Å²) >= 11 is 0. The number of carbonyl (C=O) groups excluding carboxylic acids is 1. The number of benzene rings is 1. The van der Waals surface area contributed by atoms with Crippen LogP contribution in [0.4, 0.5) is 15.9 Å². The van der Waals surface area contributed by atoms with Gasteiger partial charge in [-0.3, -0.25) is 14.7 Å². The summed E-state index contributed by atoms with van der Waals surface area (Å²) in [4.78, 5) is 25.5. The van der Waals surface area contributed by atoms with E-state index in [1.165, 1.54) is 23.8 Å². The van der Waals surface area contributed by atoms with Gasteiger partial charge in [0.15, 0.2) is 0 Å². The zero-order valence-electron chi connectivity index (χ0n) is 16.0. The summed E-state index contributed by atoms with van der Waals surface area (Å²) in [5.74, 6) is 0.0895. The van der Waals surface area contributed by atoms with Gasteiger partial charge in [0.1, 0.15) is 11.6 Å². The van der Waals surface area contributed by atoms with Crippen LogP contribution in [0.5, 0.6) is 0 Å². The second-order valence-electron chi connectivity index (χ2n) is 6.99. The largest absolute Gasteiger partial charge is 0.354 e. The Labute approximate surface area is 169 Å². The van der Waals surface area contributed by atoms with Gasteiger partial charge in [-0.2, -0.15) is 0 Å². The third kappa shape index (κ3) is 4.94. The highest BCUT2D eigenvalue weighted by molar-refractivity contribution is 6.04. The number of nitrogens with one attached hydrogen (secondary N) is 1. The molecule has 4 rings (SSSR count). The van der Waals surface area contributed by atoms with E-state index in [-0.39, 0.29) is 11.5 Å². The molecule has 0 spiro atoms. The summed E-state index contributed by atoms with van der Waals surface area (Å²) in [6.45, 7) is 4.59. The molecular formula is C22H22FN5O. The quantitative estimate of drug-likeness (QED) is 0.724. The van der Waals surface area contributed by atoms with E-state index in [0.717, 1.165) is 38.5 Å². The molecule has 0 radical (unpaired) electrons. The van der Waals surface area contributed by atoms with E-state index in [4.69, 9.17) is 0 Å². The molecule has 1 aliphatic heterocycles. The maximum absolute atomic E-state index is 13.3. The van der Waals surface area contributed by atoms with Gasteiger partial charge in [-0.25, -0.2) is 9.37 Å². The fraction of sp³-hybridized carbons (Fsp3) is 0.227. The van der Waals surface area contributed by atoms with Crippen LogP contribution in [-0.2, 0) is 6.54 Å². The van der Waals surface area contributed by atoms with Gasteiger partial charge in [0, 0.05) is 50.7 Å². The molecule has 1 amide bonds. The van der Waals surface area contributed by atoms with Gasteiger partial charge in [-0.1, -0.05) is 12.1 Å².